The molecule has 2 aromatic rings. The topological polar surface area (TPSA) is 26.3 Å². The Morgan fingerprint density at radius 1 is 1.05 bits per heavy atom. The highest BCUT2D eigenvalue weighted by Crippen LogP contribution is 2.21. The fraction of sp³-hybridized carbons (Fsp3) is 0.235. The fourth-order valence-corrected chi connectivity index (χ4v) is 2.94. The van der Waals surface area contributed by atoms with Gasteiger partial charge in [-0.15, -0.1) is 0 Å². The summed E-state index contributed by atoms with van der Waals surface area (Å²) in [5, 5.41) is 0. The van der Waals surface area contributed by atoms with Crippen molar-refractivity contribution >= 4 is 17.7 Å². The molecule has 0 N–H and O–H groups in total. The number of rotatable bonds is 5. The van der Waals surface area contributed by atoms with Crippen LogP contribution in [0.5, 0.6) is 5.75 Å². The van der Waals surface area contributed by atoms with Gasteiger partial charge in [0.05, 0.1) is 0 Å². The van der Waals surface area contributed by atoms with E-state index in [0.717, 1.165) is 11.5 Å². The molecule has 0 amide bonds. The molecule has 2 nitrogen and oxygen atoms in total. The first kappa shape index (κ1) is 14.7. The fourth-order valence-electron chi connectivity index (χ4n) is 1.87. The van der Waals surface area contributed by atoms with E-state index in [1.54, 1.807) is 0 Å². The number of aryl methyl sites for hydroxylation is 1. The maximum Gasteiger partial charge on any atom is 0.308 e. The van der Waals surface area contributed by atoms with Gasteiger partial charge in [-0.1, -0.05) is 36.4 Å². The lowest BCUT2D eigenvalue weighted by Crippen LogP contribution is -2.00. The summed E-state index contributed by atoms with van der Waals surface area (Å²) in [6.07, 6.45) is 0. The maximum absolute atomic E-state index is 10.8. The quantitative estimate of drug-likeness (QED) is 0.603. The van der Waals surface area contributed by atoms with Gasteiger partial charge in [0.1, 0.15) is 5.75 Å². The summed E-state index contributed by atoms with van der Waals surface area (Å²) in [6.45, 7) is 3.55. The molecule has 3 heteroatoms. The largest absolute Gasteiger partial charge is 0.427 e. The molecule has 20 heavy (non-hydrogen) atoms. The van der Waals surface area contributed by atoms with E-state index in [9.17, 15) is 4.79 Å². The SMILES string of the molecule is CC(=O)Oc1ccc(CSCc2ccccc2C)cc1. The maximum atomic E-state index is 10.8. The average Bonchev–Trinajstić information content (AvgIpc) is 2.42. The van der Waals surface area contributed by atoms with E-state index in [1.807, 2.05) is 36.0 Å². The molecule has 0 unspecified atom stereocenters. The number of carbonyl (C=O) groups is 1. The Labute approximate surface area is 124 Å². The standard InChI is InChI=1S/C17H18O2S/c1-13-5-3-4-6-16(13)12-20-11-15-7-9-17(10-8-15)19-14(2)18/h3-10H,11-12H2,1-2H3. The van der Waals surface area contributed by atoms with E-state index in [4.69, 9.17) is 4.74 Å². The van der Waals surface area contributed by atoms with Crippen LogP contribution in [-0.2, 0) is 16.3 Å². The molecule has 0 aromatic heterocycles. The minimum absolute atomic E-state index is 0.285. The van der Waals surface area contributed by atoms with Crippen LogP contribution in [0.25, 0.3) is 0 Å². The van der Waals surface area contributed by atoms with Crippen LogP contribution in [0.3, 0.4) is 0 Å². The number of esters is 1. The summed E-state index contributed by atoms with van der Waals surface area (Å²) < 4.78 is 5.01. The van der Waals surface area contributed by atoms with Crippen molar-refractivity contribution in [3.63, 3.8) is 0 Å². The Kier molecular flexibility index (Phi) is 5.24. The molecule has 2 rings (SSSR count). The van der Waals surface area contributed by atoms with Gasteiger partial charge >= 0.3 is 5.97 Å². The number of ether oxygens (including phenoxy) is 1. The lowest BCUT2D eigenvalue weighted by atomic mass is 10.1. The zero-order chi connectivity index (χ0) is 14.4. The minimum atomic E-state index is -0.285. The molecular formula is C17H18O2S. The molecule has 0 heterocycles. The average molecular weight is 286 g/mol. The van der Waals surface area contributed by atoms with Crippen molar-refractivity contribution in [3.05, 3.63) is 65.2 Å². The highest BCUT2D eigenvalue weighted by atomic mass is 32.2. The van der Waals surface area contributed by atoms with E-state index >= 15 is 0 Å². The Morgan fingerprint density at radius 2 is 1.75 bits per heavy atom. The van der Waals surface area contributed by atoms with E-state index in [2.05, 4.69) is 31.2 Å². The molecule has 0 saturated heterocycles. The van der Waals surface area contributed by atoms with Crippen LogP contribution in [0, 0.1) is 6.92 Å². The molecule has 0 aliphatic carbocycles. The number of carbonyl (C=O) groups excluding carboxylic acids is 1. The number of hydrogen-bond acceptors (Lipinski definition) is 3. The van der Waals surface area contributed by atoms with E-state index < -0.39 is 0 Å². The predicted octanol–water partition coefficient (Wildman–Crippen LogP) is 4.35. The first-order valence-electron chi connectivity index (χ1n) is 6.55. The van der Waals surface area contributed by atoms with Gasteiger partial charge < -0.3 is 4.74 Å². The van der Waals surface area contributed by atoms with E-state index in [0.29, 0.717) is 5.75 Å². The van der Waals surface area contributed by atoms with Crippen molar-refractivity contribution in [2.24, 2.45) is 0 Å². The predicted molar refractivity (Wildman–Crippen MR) is 83.9 cm³/mol. The van der Waals surface area contributed by atoms with Crippen LogP contribution in [0.15, 0.2) is 48.5 Å². The van der Waals surface area contributed by atoms with E-state index in [1.165, 1.54) is 23.6 Å². The minimum Gasteiger partial charge on any atom is -0.427 e. The molecule has 0 aliphatic heterocycles. The van der Waals surface area contributed by atoms with Gasteiger partial charge in [-0.2, -0.15) is 11.8 Å². The molecule has 0 aliphatic rings. The molecule has 104 valence electrons. The van der Waals surface area contributed by atoms with Crippen LogP contribution < -0.4 is 4.74 Å². The number of benzene rings is 2. The van der Waals surface area contributed by atoms with Crippen molar-refractivity contribution < 1.29 is 9.53 Å². The molecule has 0 radical (unpaired) electrons. The molecule has 0 saturated carbocycles. The van der Waals surface area contributed by atoms with Crippen molar-refractivity contribution in [2.45, 2.75) is 25.4 Å². The molecule has 0 fully saturated rings. The van der Waals surface area contributed by atoms with Gasteiger partial charge in [0, 0.05) is 18.4 Å². The highest BCUT2D eigenvalue weighted by molar-refractivity contribution is 7.97. The smallest absolute Gasteiger partial charge is 0.308 e. The summed E-state index contributed by atoms with van der Waals surface area (Å²) in [5.74, 6) is 2.28. The first-order chi connectivity index (χ1) is 9.65. The second kappa shape index (κ2) is 7.15. The van der Waals surface area contributed by atoms with Gasteiger partial charge in [0.15, 0.2) is 0 Å². The van der Waals surface area contributed by atoms with Gasteiger partial charge in [0.2, 0.25) is 0 Å². The van der Waals surface area contributed by atoms with Gasteiger partial charge in [-0.3, -0.25) is 4.79 Å². The summed E-state index contributed by atoms with van der Waals surface area (Å²) in [4.78, 5) is 10.8. The highest BCUT2D eigenvalue weighted by Gasteiger charge is 2.00. The number of hydrogen-bond donors (Lipinski definition) is 0. The summed E-state index contributed by atoms with van der Waals surface area (Å²) in [5.41, 5.74) is 3.96. The molecular weight excluding hydrogens is 268 g/mol. The van der Waals surface area contributed by atoms with Crippen LogP contribution in [-0.4, -0.2) is 5.97 Å². The third-order valence-electron chi connectivity index (χ3n) is 2.97. The van der Waals surface area contributed by atoms with Gasteiger partial charge in [-0.25, -0.2) is 0 Å². The zero-order valence-electron chi connectivity index (χ0n) is 11.8. The van der Waals surface area contributed by atoms with Crippen LogP contribution >= 0.6 is 11.8 Å². The van der Waals surface area contributed by atoms with Crippen LogP contribution in [0.4, 0.5) is 0 Å². The van der Waals surface area contributed by atoms with Crippen molar-refractivity contribution in [2.75, 3.05) is 0 Å². The van der Waals surface area contributed by atoms with E-state index in [-0.39, 0.29) is 5.97 Å². The molecule has 0 atom stereocenters. The Hall–Kier alpha value is -1.74. The summed E-state index contributed by atoms with van der Waals surface area (Å²) in [7, 11) is 0. The first-order valence-corrected chi connectivity index (χ1v) is 7.70. The summed E-state index contributed by atoms with van der Waals surface area (Å²) in [6, 6.07) is 16.1. The monoisotopic (exact) mass is 286 g/mol. The Bertz CT molecular complexity index is 576. The molecule has 0 bridgehead atoms. The normalized spacial score (nSPS) is 10.3. The zero-order valence-corrected chi connectivity index (χ0v) is 12.6. The number of thioether (sulfide) groups is 1. The van der Waals surface area contributed by atoms with Crippen molar-refractivity contribution in [3.8, 4) is 5.75 Å². The van der Waals surface area contributed by atoms with Gasteiger partial charge in [0.25, 0.3) is 0 Å². The lowest BCUT2D eigenvalue weighted by molar-refractivity contribution is -0.131. The Balaban J connectivity index is 1.85. The van der Waals surface area contributed by atoms with Crippen LogP contribution in [0.2, 0.25) is 0 Å². The lowest BCUT2D eigenvalue weighted by Gasteiger charge is -2.06. The third kappa shape index (κ3) is 4.42. The summed E-state index contributed by atoms with van der Waals surface area (Å²) >= 11 is 1.89. The van der Waals surface area contributed by atoms with Crippen LogP contribution in [0.1, 0.15) is 23.6 Å². The third-order valence-corrected chi connectivity index (χ3v) is 4.03. The molecule has 2 aromatic carbocycles. The molecule has 0 spiro atoms. The van der Waals surface area contributed by atoms with Crippen molar-refractivity contribution in [1.29, 1.82) is 0 Å². The second-order valence-electron chi connectivity index (χ2n) is 4.66. The van der Waals surface area contributed by atoms with Crippen molar-refractivity contribution in [1.82, 2.24) is 0 Å². The Morgan fingerprint density at radius 3 is 2.40 bits per heavy atom. The second-order valence-corrected chi connectivity index (χ2v) is 5.64. The van der Waals surface area contributed by atoms with Gasteiger partial charge in [-0.05, 0) is 35.7 Å².